The van der Waals surface area contributed by atoms with Gasteiger partial charge in [0.1, 0.15) is 0 Å². The Bertz CT molecular complexity index is 1450. The predicted octanol–water partition coefficient (Wildman–Crippen LogP) is 3.94. The fourth-order valence-corrected chi connectivity index (χ4v) is 4.90. The van der Waals surface area contributed by atoms with E-state index in [0.29, 0.717) is 50.9 Å². The molecule has 0 atom stereocenters. The highest BCUT2D eigenvalue weighted by Gasteiger charge is 2.24. The standard InChI is InChI=1S/C24H27N5O4S/c1-5-7-12-28-21(31)16-10-8-9-11-17(16)29-23(28)26-27-24(29)34-13-18(30)20-14(3)19(15(4)25-20)22(32)33-6-2/h8-11,25H,5-7,12-13H2,1-4H3. The second-order valence-electron chi connectivity index (χ2n) is 8.00. The number of H-pyrrole nitrogens is 1. The Morgan fingerprint density at radius 2 is 1.91 bits per heavy atom. The van der Waals surface area contributed by atoms with Crippen molar-refractivity contribution in [1.29, 1.82) is 0 Å². The van der Waals surface area contributed by atoms with E-state index in [0.717, 1.165) is 12.8 Å². The van der Waals surface area contributed by atoms with Gasteiger partial charge in [0.05, 0.1) is 34.5 Å². The highest BCUT2D eigenvalue weighted by molar-refractivity contribution is 7.99. The number of aromatic nitrogens is 5. The molecule has 0 unspecified atom stereocenters. The molecule has 4 aromatic rings. The topological polar surface area (TPSA) is 111 Å². The van der Waals surface area contributed by atoms with Gasteiger partial charge >= 0.3 is 5.97 Å². The van der Waals surface area contributed by atoms with E-state index in [1.165, 1.54) is 11.8 Å². The van der Waals surface area contributed by atoms with Gasteiger partial charge in [0.2, 0.25) is 5.78 Å². The molecule has 0 bridgehead atoms. The number of thioether (sulfide) groups is 1. The lowest BCUT2D eigenvalue weighted by atomic mass is 10.1. The van der Waals surface area contributed by atoms with Crippen LogP contribution in [0.4, 0.5) is 0 Å². The Labute approximate surface area is 200 Å². The SMILES string of the molecule is CCCCn1c(=O)c2ccccc2n2c(SCC(=O)c3[nH]c(C)c(C(=O)OCC)c3C)nnc12. The zero-order chi connectivity index (χ0) is 24.4. The number of hydrogen-bond donors (Lipinski definition) is 1. The monoisotopic (exact) mass is 481 g/mol. The zero-order valence-electron chi connectivity index (χ0n) is 19.7. The molecule has 34 heavy (non-hydrogen) atoms. The minimum Gasteiger partial charge on any atom is -0.462 e. The molecular formula is C24H27N5O4S. The third-order valence-corrected chi connectivity index (χ3v) is 6.67. The number of Topliss-reactive ketones (excluding diaryl/α,β-unsaturated/α-hetero) is 1. The summed E-state index contributed by atoms with van der Waals surface area (Å²) < 4.78 is 8.60. The Hall–Kier alpha value is -3.40. The molecule has 0 aliphatic carbocycles. The number of nitrogens with one attached hydrogen (secondary N) is 1. The second kappa shape index (κ2) is 9.84. The number of hydrogen-bond acceptors (Lipinski definition) is 7. The molecule has 0 aliphatic heterocycles. The lowest BCUT2D eigenvalue weighted by Crippen LogP contribution is -2.23. The number of aryl methyl sites for hydroxylation is 2. The molecule has 10 heteroatoms. The van der Waals surface area contributed by atoms with Crippen LogP contribution in [0.15, 0.2) is 34.2 Å². The van der Waals surface area contributed by atoms with E-state index >= 15 is 0 Å². The molecule has 9 nitrogen and oxygen atoms in total. The predicted molar refractivity (Wildman–Crippen MR) is 131 cm³/mol. The number of rotatable bonds is 9. The molecule has 0 saturated carbocycles. The maximum absolute atomic E-state index is 13.1. The second-order valence-corrected chi connectivity index (χ2v) is 8.95. The van der Waals surface area contributed by atoms with E-state index in [9.17, 15) is 14.4 Å². The first-order chi connectivity index (χ1) is 16.4. The highest BCUT2D eigenvalue weighted by atomic mass is 32.2. The van der Waals surface area contributed by atoms with Crippen LogP contribution in [0.1, 0.15) is 58.8 Å². The summed E-state index contributed by atoms with van der Waals surface area (Å²) in [6.45, 7) is 8.10. The Balaban J connectivity index is 1.68. The Kier molecular flexibility index (Phi) is 6.87. The van der Waals surface area contributed by atoms with Gasteiger partial charge in [0, 0.05) is 12.2 Å². The number of ketones is 1. The van der Waals surface area contributed by atoms with Crippen LogP contribution in [0.25, 0.3) is 16.7 Å². The fourth-order valence-electron chi connectivity index (χ4n) is 4.09. The van der Waals surface area contributed by atoms with Crippen molar-refractivity contribution in [3.63, 3.8) is 0 Å². The van der Waals surface area contributed by atoms with Crippen LogP contribution in [-0.4, -0.2) is 48.3 Å². The van der Waals surface area contributed by atoms with Crippen molar-refractivity contribution in [3.8, 4) is 0 Å². The van der Waals surface area contributed by atoms with Crippen molar-refractivity contribution in [2.75, 3.05) is 12.4 Å². The van der Waals surface area contributed by atoms with E-state index in [1.54, 1.807) is 31.4 Å². The summed E-state index contributed by atoms with van der Waals surface area (Å²) in [6.07, 6.45) is 1.79. The van der Waals surface area contributed by atoms with Crippen molar-refractivity contribution in [1.82, 2.24) is 24.1 Å². The van der Waals surface area contributed by atoms with Crippen LogP contribution in [0.2, 0.25) is 0 Å². The zero-order valence-corrected chi connectivity index (χ0v) is 20.5. The number of unbranched alkanes of at least 4 members (excludes halogenated alkanes) is 1. The first kappa shape index (κ1) is 23.7. The number of benzene rings is 1. The van der Waals surface area contributed by atoms with E-state index in [-0.39, 0.29) is 23.7 Å². The van der Waals surface area contributed by atoms with Gasteiger partial charge in [0.15, 0.2) is 10.9 Å². The van der Waals surface area contributed by atoms with E-state index in [2.05, 4.69) is 22.1 Å². The summed E-state index contributed by atoms with van der Waals surface area (Å²) in [4.78, 5) is 41.4. The van der Waals surface area contributed by atoms with Crippen molar-refractivity contribution < 1.29 is 14.3 Å². The Morgan fingerprint density at radius 3 is 2.65 bits per heavy atom. The molecule has 0 fully saturated rings. The quantitative estimate of drug-likeness (QED) is 0.219. The van der Waals surface area contributed by atoms with E-state index < -0.39 is 5.97 Å². The molecule has 0 radical (unpaired) electrons. The number of fused-ring (bicyclic) bond motifs is 3. The van der Waals surface area contributed by atoms with Crippen molar-refractivity contribution in [2.45, 2.75) is 52.2 Å². The fraction of sp³-hybridized carbons (Fsp3) is 0.375. The lowest BCUT2D eigenvalue weighted by molar-refractivity contribution is 0.0525. The third-order valence-electron chi connectivity index (χ3n) is 5.74. The minimum absolute atomic E-state index is 0.0895. The van der Waals surface area contributed by atoms with Crippen LogP contribution in [0, 0.1) is 13.8 Å². The number of ether oxygens (including phenoxy) is 1. The van der Waals surface area contributed by atoms with Crippen molar-refractivity contribution >= 4 is 40.2 Å². The maximum Gasteiger partial charge on any atom is 0.340 e. The van der Waals surface area contributed by atoms with Gasteiger partial charge in [-0.3, -0.25) is 18.6 Å². The smallest absolute Gasteiger partial charge is 0.340 e. The van der Waals surface area contributed by atoms with Gasteiger partial charge in [0.25, 0.3) is 5.56 Å². The van der Waals surface area contributed by atoms with Crippen LogP contribution >= 0.6 is 11.8 Å². The molecule has 0 saturated heterocycles. The molecule has 3 aromatic heterocycles. The normalized spacial score (nSPS) is 11.4. The molecule has 0 amide bonds. The van der Waals surface area contributed by atoms with Crippen molar-refractivity contribution in [3.05, 3.63) is 57.1 Å². The van der Waals surface area contributed by atoms with E-state index in [4.69, 9.17) is 4.74 Å². The lowest BCUT2D eigenvalue weighted by Gasteiger charge is -2.10. The Morgan fingerprint density at radius 1 is 1.15 bits per heavy atom. The molecule has 1 aromatic carbocycles. The van der Waals surface area contributed by atoms with Crippen LogP contribution < -0.4 is 5.56 Å². The van der Waals surface area contributed by atoms with Gasteiger partial charge in [-0.15, -0.1) is 10.2 Å². The average molecular weight is 482 g/mol. The summed E-state index contributed by atoms with van der Waals surface area (Å²) in [5.74, 6) is -0.0581. The number of nitrogens with zero attached hydrogens (tertiary/aromatic N) is 4. The number of esters is 1. The van der Waals surface area contributed by atoms with Gasteiger partial charge in [-0.25, -0.2) is 4.79 Å². The molecular weight excluding hydrogens is 454 g/mol. The summed E-state index contributed by atoms with van der Waals surface area (Å²) >= 11 is 1.24. The first-order valence-corrected chi connectivity index (χ1v) is 12.3. The molecule has 4 rings (SSSR count). The van der Waals surface area contributed by atoms with E-state index in [1.807, 2.05) is 22.6 Å². The van der Waals surface area contributed by atoms with Gasteiger partial charge in [-0.2, -0.15) is 0 Å². The average Bonchev–Trinajstić information content (AvgIpc) is 3.38. The highest BCUT2D eigenvalue weighted by Crippen LogP contribution is 2.25. The van der Waals surface area contributed by atoms with Gasteiger partial charge in [-0.1, -0.05) is 37.2 Å². The van der Waals surface area contributed by atoms with Crippen LogP contribution in [-0.2, 0) is 11.3 Å². The van der Waals surface area contributed by atoms with Crippen molar-refractivity contribution in [2.24, 2.45) is 0 Å². The minimum atomic E-state index is -0.444. The summed E-state index contributed by atoms with van der Waals surface area (Å²) in [7, 11) is 0. The largest absolute Gasteiger partial charge is 0.462 e. The maximum atomic E-state index is 13.1. The van der Waals surface area contributed by atoms with Gasteiger partial charge < -0.3 is 9.72 Å². The molecule has 3 heterocycles. The third kappa shape index (κ3) is 4.13. The number of carbonyl (C=O) groups excluding carboxylic acids is 2. The summed E-state index contributed by atoms with van der Waals surface area (Å²) in [5.41, 5.74) is 2.56. The van der Waals surface area contributed by atoms with Crippen LogP contribution in [0.3, 0.4) is 0 Å². The molecule has 0 aliphatic rings. The molecule has 0 spiro atoms. The van der Waals surface area contributed by atoms with Gasteiger partial charge in [-0.05, 0) is 44.9 Å². The number of carbonyl (C=O) groups is 2. The molecule has 1 N–H and O–H groups in total. The number of aromatic amines is 1. The number of para-hydroxylation sites is 1. The van der Waals surface area contributed by atoms with Crippen LogP contribution in [0.5, 0.6) is 0 Å². The molecule has 178 valence electrons. The summed E-state index contributed by atoms with van der Waals surface area (Å²) in [5, 5.41) is 9.69. The first-order valence-electron chi connectivity index (χ1n) is 11.3. The summed E-state index contributed by atoms with van der Waals surface area (Å²) in [6, 6.07) is 7.34.